The van der Waals surface area contributed by atoms with Crippen molar-refractivity contribution in [3.05, 3.63) is 17.5 Å². The highest BCUT2D eigenvalue weighted by Gasteiger charge is 2.53. The standard InChI is InChI=1S/C12H11N3O3S2/c16-9-7(10-15(9)8(5-20-10)11(17)18)3-6-4-14-1-2-19-12(14)13-6/h3-4,8,10H,1-2,5H2,(H,17,18)/b7-3-/t8?,10-/m1/s1. The summed E-state index contributed by atoms with van der Waals surface area (Å²) in [4.78, 5) is 29.1. The van der Waals surface area contributed by atoms with E-state index in [4.69, 9.17) is 5.11 Å². The maximum atomic E-state index is 12.1. The van der Waals surface area contributed by atoms with Gasteiger partial charge in [-0.3, -0.25) is 4.79 Å². The first kappa shape index (κ1) is 12.3. The van der Waals surface area contributed by atoms with Gasteiger partial charge in [0.15, 0.2) is 5.16 Å². The molecule has 2 saturated heterocycles. The van der Waals surface area contributed by atoms with Crippen LogP contribution in [0.4, 0.5) is 0 Å². The van der Waals surface area contributed by atoms with Crippen molar-refractivity contribution in [2.45, 2.75) is 23.1 Å². The number of hydrogen-bond acceptors (Lipinski definition) is 5. The van der Waals surface area contributed by atoms with Crippen molar-refractivity contribution < 1.29 is 14.7 Å². The number of aliphatic carboxylic acids is 1. The molecule has 0 spiro atoms. The lowest BCUT2D eigenvalue weighted by Crippen LogP contribution is -2.56. The Morgan fingerprint density at radius 2 is 2.40 bits per heavy atom. The maximum absolute atomic E-state index is 12.1. The number of aromatic nitrogens is 2. The highest BCUT2D eigenvalue weighted by Crippen LogP contribution is 2.44. The zero-order valence-electron chi connectivity index (χ0n) is 10.4. The summed E-state index contributed by atoms with van der Waals surface area (Å²) in [5.74, 6) is 0.404. The number of imidazole rings is 1. The van der Waals surface area contributed by atoms with E-state index in [2.05, 4.69) is 9.55 Å². The van der Waals surface area contributed by atoms with Crippen molar-refractivity contribution in [1.29, 1.82) is 0 Å². The van der Waals surface area contributed by atoms with Gasteiger partial charge in [0.05, 0.1) is 11.3 Å². The predicted octanol–water partition coefficient (Wildman–Crippen LogP) is 0.740. The fourth-order valence-electron chi connectivity index (χ4n) is 2.66. The van der Waals surface area contributed by atoms with E-state index in [1.165, 1.54) is 16.7 Å². The van der Waals surface area contributed by atoms with Gasteiger partial charge in [-0.2, -0.15) is 0 Å². The number of thioether (sulfide) groups is 2. The molecule has 8 heteroatoms. The van der Waals surface area contributed by atoms with Gasteiger partial charge in [-0.15, -0.1) is 11.8 Å². The molecule has 0 aliphatic carbocycles. The van der Waals surface area contributed by atoms with Crippen LogP contribution in [0.1, 0.15) is 5.69 Å². The van der Waals surface area contributed by atoms with Crippen molar-refractivity contribution in [3.8, 4) is 0 Å². The fourth-order valence-corrected chi connectivity index (χ4v) is 5.03. The minimum absolute atomic E-state index is 0.118. The first-order chi connectivity index (χ1) is 9.65. The molecule has 2 atom stereocenters. The second-order valence-corrected chi connectivity index (χ2v) is 7.02. The van der Waals surface area contributed by atoms with Gasteiger partial charge in [0.25, 0.3) is 5.91 Å². The van der Waals surface area contributed by atoms with Crippen molar-refractivity contribution in [1.82, 2.24) is 14.5 Å². The van der Waals surface area contributed by atoms with Crippen LogP contribution in [0.25, 0.3) is 6.08 Å². The average molecular weight is 309 g/mol. The van der Waals surface area contributed by atoms with Gasteiger partial charge in [-0.25, -0.2) is 9.78 Å². The Kier molecular flexibility index (Phi) is 2.65. The van der Waals surface area contributed by atoms with Gasteiger partial charge in [0.2, 0.25) is 0 Å². The van der Waals surface area contributed by atoms with E-state index < -0.39 is 12.0 Å². The number of fused-ring (bicyclic) bond motifs is 2. The Labute approximate surface area is 123 Å². The van der Waals surface area contributed by atoms with Crippen LogP contribution >= 0.6 is 23.5 Å². The van der Waals surface area contributed by atoms with Crippen LogP contribution < -0.4 is 0 Å². The fraction of sp³-hybridized carbons (Fsp3) is 0.417. The summed E-state index contributed by atoms with van der Waals surface area (Å²) in [5, 5.41) is 9.93. The molecule has 4 rings (SSSR count). The van der Waals surface area contributed by atoms with Gasteiger partial charge in [-0.1, -0.05) is 11.8 Å². The zero-order valence-corrected chi connectivity index (χ0v) is 12.0. The Bertz CT molecular complexity index is 633. The van der Waals surface area contributed by atoms with E-state index in [0.29, 0.717) is 11.3 Å². The van der Waals surface area contributed by atoms with Gasteiger partial charge >= 0.3 is 5.97 Å². The molecule has 0 aromatic carbocycles. The number of β-lactam (4-membered cyclic amide) rings is 1. The smallest absolute Gasteiger partial charge is 0.327 e. The van der Waals surface area contributed by atoms with E-state index >= 15 is 0 Å². The average Bonchev–Trinajstić information content (AvgIpc) is 3.07. The molecular formula is C12H11N3O3S2. The predicted molar refractivity (Wildman–Crippen MR) is 75.4 cm³/mol. The first-order valence-electron chi connectivity index (χ1n) is 6.24. The molecule has 104 valence electrons. The van der Waals surface area contributed by atoms with Gasteiger partial charge < -0.3 is 14.6 Å². The lowest BCUT2D eigenvalue weighted by atomic mass is 10.0. The van der Waals surface area contributed by atoms with Crippen molar-refractivity contribution in [3.63, 3.8) is 0 Å². The molecule has 0 radical (unpaired) electrons. The topological polar surface area (TPSA) is 75.4 Å². The molecule has 0 saturated carbocycles. The third kappa shape index (κ3) is 1.64. The number of carboxylic acid groups (broad SMARTS) is 1. The van der Waals surface area contributed by atoms with Crippen LogP contribution in [0.5, 0.6) is 0 Å². The Hall–Kier alpha value is -1.41. The third-order valence-electron chi connectivity index (χ3n) is 3.66. The summed E-state index contributed by atoms with van der Waals surface area (Å²) in [5.41, 5.74) is 1.45. The number of hydrogen-bond donors (Lipinski definition) is 1. The van der Waals surface area contributed by atoms with Crippen LogP contribution in [-0.2, 0) is 16.1 Å². The highest BCUT2D eigenvalue weighted by atomic mass is 32.2. The molecule has 1 amide bonds. The summed E-state index contributed by atoms with van der Waals surface area (Å²) in [6.45, 7) is 0.954. The van der Waals surface area contributed by atoms with E-state index in [-0.39, 0.29) is 11.3 Å². The second-order valence-electron chi connectivity index (χ2n) is 4.84. The van der Waals surface area contributed by atoms with Crippen LogP contribution in [0.3, 0.4) is 0 Å². The molecule has 2 fully saturated rings. The van der Waals surface area contributed by atoms with Crippen molar-refractivity contribution in [2.24, 2.45) is 0 Å². The Balaban J connectivity index is 1.60. The summed E-state index contributed by atoms with van der Waals surface area (Å²) in [6, 6.07) is -0.683. The molecule has 0 bridgehead atoms. The molecule has 1 aromatic heterocycles. The molecular weight excluding hydrogens is 298 g/mol. The van der Waals surface area contributed by atoms with Crippen molar-refractivity contribution >= 4 is 41.5 Å². The Morgan fingerprint density at radius 3 is 3.15 bits per heavy atom. The van der Waals surface area contributed by atoms with Crippen LogP contribution in [0.15, 0.2) is 16.9 Å². The monoisotopic (exact) mass is 309 g/mol. The first-order valence-corrected chi connectivity index (χ1v) is 8.27. The number of aryl methyl sites for hydroxylation is 1. The molecule has 20 heavy (non-hydrogen) atoms. The van der Waals surface area contributed by atoms with Crippen molar-refractivity contribution in [2.75, 3.05) is 11.5 Å². The number of carbonyl (C=O) groups is 2. The third-order valence-corrected chi connectivity index (χ3v) is 5.93. The van der Waals surface area contributed by atoms with E-state index in [1.54, 1.807) is 17.8 Å². The second kappa shape index (κ2) is 4.29. The molecule has 1 unspecified atom stereocenters. The maximum Gasteiger partial charge on any atom is 0.327 e. The normalized spacial score (nSPS) is 29.5. The van der Waals surface area contributed by atoms with Crippen LogP contribution in [-0.4, -0.2) is 54.4 Å². The van der Waals surface area contributed by atoms with Gasteiger partial charge in [0.1, 0.15) is 11.4 Å². The number of nitrogens with zero attached hydrogens (tertiary/aromatic N) is 3. The van der Waals surface area contributed by atoms with Crippen LogP contribution in [0, 0.1) is 0 Å². The lowest BCUT2D eigenvalue weighted by molar-refractivity contribution is -0.150. The number of rotatable bonds is 2. The molecule has 1 aromatic rings. The quantitative estimate of drug-likeness (QED) is 0.641. The van der Waals surface area contributed by atoms with E-state index in [9.17, 15) is 9.59 Å². The van der Waals surface area contributed by atoms with E-state index in [0.717, 1.165) is 23.1 Å². The largest absolute Gasteiger partial charge is 0.480 e. The lowest BCUT2D eigenvalue weighted by Gasteiger charge is -2.38. The van der Waals surface area contributed by atoms with Gasteiger partial charge in [0, 0.05) is 24.2 Å². The molecule has 3 aliphatic rings. The summed E-state index contributed by atoms with van der Waals surface area (Å²) >= 11 is 3.22. The zero-order chi connectivity index (χ0) is 13.9. The summed E-state index contributed by atoms with van der Waals surface area (Å²) in [6.07, 6.45) is 3.75. The number of carbonyl (C=O) groups excluding carboxylic acids is 1. The van der Waals surface area contributed by atoms with Gasteiger partial charge in [-0.05, 0) is 6.08 Å². The summed E-state index contributed by atoms with van der Waals surface area (Å²) in [7, 11) is 0. The molecule has 4 heterocycles. The molecule has 6 nitrogen and oxygen atoms in total. The minimum atomic E-state index is -0.926. The Morgan fingerprint density at radius 1 is 1.55 bits per heavy atom. The number of carboxylic acids is 1. The highest BCUT2D eigenvalue weighted by molar-refractivity contribution is 8.00. The van der Waals surface area contributed by atoms with Crippen LogP contribution in [0.2, 0.25) is 0 Å². The molecule has 3 aliphatic heterocycles. The SMILES string of the molecule is O=C(O)C1CS[C@@H]2/C(=C\c3cn4c(n3)SCC4)C(=O)N12. The minimum Gasteiger partial charge on any atom is -0.480 e. The van der Waals surface area contributed by atoms with E-state index in [1.807, 2.05) is 6.20 Å². The number of amides is 1. The molecule has 1 N–H and O–H groups in total. The summed E-state index contributed by atoms with van der Waals surface area (Å²) < 4.78 is 2.08.